The van der Waals surface area contributed by atoms with Crippen molar-refractivity contribution < 1.29 is 4.74 Å². The van der Waals surface area contributed by atoms with E-state index in [2.05, 4.69) is 15.2 Å². The lowest BCUT2D eigenvalue weighted by Crippen LogP contribution is -1.95. The van der Waals surface area contributed by atoms with E-state index in [1.54, 1.807) is 7.11 Å². The fraction of sp³-hybridized carbons (Fsp3) is 0.125. The number of hydrogen-bond donors (Lipinski definition) is 2. The van der Waals surface area contributed by atoms with Gasteiger partial charge in [0.25, 0.3) is 0 Å². The van der Waals surface area contributed by atoms with Crippen LogP contribution in [-0.2, 0) is 6.54 Å². The minimum absolute atomic E-state index is 0.533. The summed E-state index contributed by atoms with van der Waals surface area (Å²) in [5.74, 6) is 2.16. The number of aromatic amines is 1. The molecular weight excluding hydrogens is 264 g/mol. The van der Waals surface area contributed by atoms with Gasteiger partial charge in [0.2, 0.25) is 0 Å². The van der Waals surface area contributed by atoms with Gasteiger partial charge in [-0.2, -0.15) is 5.10 Å². The largest absolute Gasteiger partial charge is 0.497 e. The zero-order valence-electron chi connectivity index (χ0n) is 11.7. The third kappa shape index (κ3) is 2.78. The predicted octanol–water partition coefficient (Wildman–Crippen LogP) is 2.61. The Hall–Kier alpha value is -2.66. The Morgan fingerprint density at radius 2 is 1.90 bits per heavy atom. The van der Waals surface area contributed by atoms with Gasteiger partial charge >= 0.3 is 0 Å². The van der Waals surface area contributed by atoms with E-state index in [-0.39, 0.29) is 0 Å². The number of ether oxygens (including phenoxy) is 1. The molecule has 0 bridgehead atoms. The third-order valence-electron chi connectivity index (χ3n) is 3.28. The van der Waals surface area contributed by atoms with Crippen molar-refractivity contribution in [3.8, 4) is 28.5 Å². The first-order valence-corrected chi connectivity index (χ1v) is 6.66. The third-order valence-corrected chi connectivity index (χ3v) is 3.28. The number of nitrogens with one attached hydrogen (secondary N) is 1. The minimum Gasteiger partial charge on any atom is -0.497 e. The summed E-state index contributed by atoms with van der Waals surface area (Å²) in [6, 6.07) is 15.6. The topological polar surface area (TPSA) is 76.8 Å². The second kappa shape index (κ2) is 5.76. The molecule has 2 aromatic carbocycles. The van der Waals surface area contributed by atoms with Gasteiger partial charge in [-0.3, -0.25) is 5.10 Å². The SMILES string of the molecule is COc1cccc(-c2n[nH]c(-c3ccc(CN)cc3)n2)c1. The molecule has 5 nitrogen and oxygen atoms in total. The van der Waals surface area contributed by atoms with E-state index in [4.69, 9.17) is 10.5 Å². The molecule has 0 radical (unpaired) electrons. The average molecular weight is 280 g/mol. The molecular formula is C16H16N4O. The standard InChI is InChI=1S/C16H16N4O/c1-21-14-4-2-3-13(9-14)16-18-15(19-20-16)12-7-5-11(10-17)6-8-12/h2-9H,10,17H2,1H3,(H,18,19,20). The van der Waals surface area contributed by atoms with Gasteiger partial charge in [0, 0.05) is 17.7 Å². The summed E-state index contributed by atoms with van der Waals surface area (Å²) in [6.07, 6.45) is 0. The number of methoxy groups -OCH3 is 1. The number of nitrogens with zero attached hydrogens (tertiary/aromatic N) is 2. The first-order valence-electron chi connectivity index (χ1n) is 6.66. The van der Waals surface area contributed by atoms with Crippen LogP contribution in [0.25, 0.3) is 22.8 Å². The van der Waals surface area contributed by atoms with Crippen molar-refractivity contribution in [1.82, 2.24) is 15.2 Å². The first-order chi connectivity index (χ1) is 10.3. The van der Waals surface area contributed by atoms with E-state index in [9.17, 15) is 0 Å². The Labute approximate surface area is 122 Å². The van der Waals surface area contributed by atoms with Crippen LogP contribution in [0.15, 0.2) is 48.5 Å². The van der Waals surface area contributed by atoms with Crippen LogP contribution in [-0.4, -0.2) is 22.3 Å². The summed E-state index contributed by atoms with van der Waals surface area (Å²) in [6.45, 7) is 0.533. The number of aromatic nitrogens is 3. The number of benzene rings is 2. The molecule has 0 spiro atoms. The number of hydrogen-bond acceptors (Lipinski definition) is 4. The lowest BCUT2D eigenvalue weighted by molar-refractivity contribution is 0.415. The molecule has 0 aliphatic rings. The van der Waals surface area contributed by atoms with E-state index in [1.165, 1.54) is 0 Å². The Bertz CT molecular complexity index is 734. The molecule has 0 amide bonds. The summed E-state index contributed by atoms with van der Waals surface area (Å²) >= 11 is 0. The fourth-order valence-electron chi connectivity index (χ4n) is 2.08. The quantitative estimate of drug-likeness (QED) is 0.770. The Balaban J connectivity index is 1.91. The monoisotopic (exact) mass is 280 g/mol. The number of H-pyrrole nitrogens is 1. The van der Waals surface area contributed by atoms with Crippen LogP contribution in [0.3, 0.4) is 0 Å². The van der Waals surface area contributed by atoms with E-state index in [1.807, 2.05) is 48.5 Å². The summed E-state index contributed by atoms with van der Waals surface area (Å²) in [7, 11) is 1.64. The molecule has 0 unspecified atom stereocenters. The maximum Gasteiger partial charge on any atom is 0.181 e. The van der Waals surface area contributed by atoms with Crippen molar-refractivity contribution in [2.45, 2.75) is 6.54 Å². The molecule has 0 saturated heterocycles. The summed E-state index contributed by atoms with van der Waals surface area (Å²) < 4.78 is 5.22. The normalized spacial score (nSPS) is 10.6. The maximum atomic E-state index is 5.60. The Kier molecular flexibility index (Phi) is 3.66. The number of rotatable bonds is 4. The molecule has 3 aromatic rings. The fourth-order valence-corrected chi connectivity index (χ4v) is 2.08. The van der Waals surface area contributed by atoms with Crippen LogP contribution in [0.5, 0.6) is 5.75 Å². The van der Waals surface area contributed by atoms with Crippen molar-refractivity contribution in [3.05, 3.63) is 54.1 Å². The van der Waals surface area contributed by atoms with Gasteiger partial charge in [0.1, 0.15) is 5.75 Å². The van der Waals surface area contributed by atoms with Crippen molar-refractivity contribution in [3.63, 3.8) is 0 Å². The zero-order valence-corrected chi connectivity index (χ0v) is 11.7. The van der Waals surface area contributed by atoms with Crippen LogP contribution >= 0.6 is 0 Å². The smallest absolute Gasteiger partial charge is 0.181 e. The van der Waals surface area contributed by atoms with Gasteiger partial charge in [-0.05, 0) is 17.7 Å². The highest BCUT2D eigenvalue weighted by molar-refractivity contribution is 5.62. The molecule has 1 heterocycles. The van der Waals surface area contributed by atoms with Crippen LogP contribution < -0.4 is 10.5 Å². The summed E-state index contributed by atoms with van der Waals surface area (Å²) in [5, 5.41) is 7.23. The number of nitrogens with two attached hydrogens (primary N) is 1. The van der Waals surface area contributed by atoms with Gasteiger partial charge in [0.15, 0.2) is 11.6 Å². The molecule has 0 aliphatic carbocycles. The second-order valence-electron chi connectivity index (χ2n) is 4.64. The van der Waals surface area contributed by atoms with Crippen LogP contribution in [0, 0.1) is 0 Å². The lowest BCUT2D eigenvalue weighted by Gasteiger charge is -2.00. The summed E-state index contributed by atoms with van der Waals surface area (Å²) in [5.41, 5.74) is 8.58. The van der Waals surface area contributed by atoms with Gasteiger partial charge < -0.3 is 10.5 Å². The van der Waals surface area contributed by atoms with Crippen molar-refractivity contribution in [1.29, 1.82) is 0 Å². The van der Waals surface area contributed by atoms with Gasteiger partial charge in [0.05, 0.1) is 7.11 Å². The second-order valence-corrected chi connectivity index (χ2v) is 4.64. The van der Waals surface area contributed by atoms with E-state index in [0.29, 0.717) is 12.4 Å². The highest BCUT2D eigenvalue weighted by Crippen LogP contribution is 2.23. The minimum atomic E-state index is 0.533. The molecule has 3 N–H and O–H groups in total. The maximum absolute atomic E-state index is 5.60. The molecule has 21 heavy (non-hydrogen) atoms. The highest BCUT2D eigenvalue weighted by Gasteiger charge is 2.08. The predicted molar refractivity (Wildman–Crippen MR) is 81.7 cm³/mol. The van der Waals surface area contributed by atoms with E-state index >= 15 is 0 Å². The Morgan fingerprint density at radius 3 is 2.62 bits per heavy atom. The highest BCUT2D eigenvalue weighted by atomic mass is 16.5. The molecule has 3 rings (SSSR count). The zero-order chi connectivity index (χ0) is 14.7. The van der Waals surface area contributed by atoms with Crippen molar-refractivity contribution in [2.24, 2.45) is 5.73 Å². The van der Waals surface area contributed by atoms with Crippen LogP contribution in [0.2, 0.25) is 0 Å². The molecule has 5 heteroatoms. The molecule has 0 saturated carbocycles. The lowest BCUT2D eigenvalue weighted by atomic mass is 10.1. The van der Waals surface area contributed by atoms with Crippen molar-refractivity contribution in [2.75, 3.05) is 7.11 Å². The van der Waals surface area contributed by atoms with E-state index < -0.39 is 0 Å². The van der Waals surface area contributed by atoms with Crippen molar-refractivity contribution >= 4 is 0 Å². The van der Waals surface area contributed by atoms with Crippen LogP contribution in [0.4, 0.5) is 0 Å². The molecule has 106 valence electrons. The molecule has 1 aromatic heterocycles. The van der Waals surface area contributed by atoms with Gasteiger partial charge in [-0.25, -0.2) is 4.98 Å². The van der Waals surface area contributed by atoms with E-state index in [0.717, 1.165) is 28.3 Å². The molecule has 0 atom stereocenters. The Morgan fingerprint density at radius 1 is 1.10 bits per heavy atom. The molecule has 0 fully saturated rings. The van der Waals surface area contributed by atoms with Crippen LogP contribution in [0.1, 0.15) is 5.56 Å². The summed E-state index contributed by atoms with van der Waals surface area (Å²) in [4.78, 5) is 4.53. The first kappa shape index (κ1) is 13.3. The average Bonchev–Trinajstić information content (AvgIpc) is 3.05. The van der Waals surface area contributed by atoms with Gasteiger partial charge in [-0.15, -0.1) is 0 Å². The molecule has 0 aliphatic heterocycles. The van der Waals surface area contributed by atoms with Gasteiger partial charge in [-0.1, -0.05) is 36.4 Å².